The molecule has 3 aromatic rings. The van der Waals surface area contributed by atoms with Gasteiger partial charge in [-0.25, -0.2) is 0 Å². The Hall–Kier alpha value is -3.12. The Balaban J connectivity index is 1.92. The molecule has 0 bridgehead atoms. The van der Waals surface area contributed by atoms with E-state index in [1.54, 1.807) is 23.1 Å². The van der Waals surface area contributed by atoms with Gasteiger partial charge in [-0.05, 0) is 56.7 Å². The van der Waals surface area contributed by atoms with Gasteiger partial charge in [0.25, 0.3) is 11.5 Å². The smallest absolute Gasteiger partial charge is 0.254 e. The first-order valence-electron chi connectivity index (χ1n) is 9.77. The number of pyridine rings is 1. The number of rotatable bonds is 8. The number of amides is 1. The number of carbonyl (C=O) groups excluding carboxylic acids is 1. The van der Waals surface area contributed by atoms with Gasteiger partial charge in [0.15, 0.2) is 0 Å². The summed E-state index contributed by atoms with van der Waals surface area (Å²) < 4.78 is 5.54. The molecule has 1 heterocycles. The molecule has 0 saturated heterocycles. The average molecular weight is 394 g/mol. The lowest BCUT2D eigenvalue weighted by atomic mass is 10.1. The Morgan fingerprint density at radius 3 is 2.59 bits per heavy atom. The molecule has 0 atom stereocenters. The van der Waals surface area contributed by atoms with Crippen LogP contribution in [0.25, 0.3) is 10.9 Å². The Morgan fingerprint density at radius 1 is 1.14 bits per heavy atom. The minimum atomic E-state index is -0.229. The summed E-state index contributed by atoms with van der Waals surface area (Å²) in [5, 5.41) is 10.1. The number of hydrogen-bond donors (Lipinski definition) is 2. The van der Waals surface area contributed by atoms with E-state index in [4.69, 9.17) is 4.74 Å². The molecular weight excluding hydrogens is 368 g/mol. The van der Waals surface area contributed by atoms with Crippen molar-refractivity contribution in [3.05, 3.63) is 75.6 Å². The number of aromatic amines is 1. The minimum Gasteiger partial charge on any atom is -0.494 e. The van der Waals surface area contributed by atoms with Crippen LogP contribution in [0.1, 0.15) is 34.8 Å². The number of aromatic nitrogens is 1. The molecule has 0 fully saturated rings. The van der Waals surface area contributed by atoms with Crippen molar-refractivity contribution in [1.29, 1.82) is 0 Å². The standard InChI is InChI=1S/C23H26N2O4/c1-3-29-20-9-10-21-18(14-20)13-19(22(27)24-21)15-25(11-4-12-26)23(28)17-7-5-16(2)6-8-17/h5-10,13-14,26H,3-4,11-12,15H2,1-2H3,(H,24,27). The highest BCUT2D eigenvalue weighted by atomic mass is 16.5. The van der Waals surface area contributed by atoms with Gasteiger partial charge >= 0.3 is 0 Å². The molecule has 1 aromatic heterocycles. The van der Waals surface area contributed by atoms with E-state index < -0.39 is 0 Å². The molecule has 0 saturated carbocycles. The number of benzene rings is 2. The molecule has 0 aliphatic heterocycles. The summed E-state index contributed by atoms with van der Waals surface area (Å²) in [5.74, 6) is 0.562. The van der Waals surface area contributed by atoms with Gasteiger partial charge in [-0.1, -0.05) is 17.7 Å². The molecule has 0 aliphatic rings. The van der Waals surface area contributed by atoms with E-state index in [0.29, 0.717) is 36.2 Å². The van der Waals surface area contributed by atoms with Crippen LogP contribution in [0, 0.1) is 6.92 Å². The number of H-pyrrole nitrogens is 1. The molecule has 29 heavy (non-hydrogen) atoms. The highest BCUT2D eigenvalue weighted by molar-refractivity contribution is 5.94. The molecule has 6 heteroatoms. The molecule has 0 unspecified atom stereocenters. The summed E-state index contributed by atoms with van der Waals surface area (Å²) in [6.45, 7) is 4.93. The summed E-state index contributed by atoms with van der Waals surface area (Å²) in [4.78, 5) is 30.1. The third-order valence-corrected chi connectivity index (χ3v) is 4.74. The summed E-state index contributed by atoms with van der Waals surface area (Å²) in [7, 11) is 0. The van der Waals surface area contributed by atoms with E-state index in [1.165, 1.54) is 0 Å². The number of aliphatic hydroxyl groups is 1. The first kappa shape index (κ1) is 20.6. The number of nitrogens with one attached hydrogen (secondary N) is 1. The topological polar surface area (TPSA) is 82.6 Å². The quantitative estimate of drug-likeness (QED) is 0.614. The largest absolute Gasteiger partial charge is 0.494 e. The van der Waals surface area contributed by atoms with Gasteiger partial charge in [0.05, 0.1) is 13.2 Å². The van der Waals surface area contributed by atoms with Crippen molar-refractivity contribution in [2.75, 3.05) is 19.8 Å². The highest BCUT2D eigenvalue weighted by Gasteiger charge is 2.18. The fraction of sp³-hybridized carbons (Fsp3) is 0.304. The Labute approximate surface area is 169 Å². The predicted molar refractivity (Wildman–Crippen MR) is 113 cm³/mol. The van der Waals surface area contributed by atoms with Gasteiger partial charge in [0, 0.05) is 35.2 Å². The third kappa shape index (κ3) is 5.03. The maximum Gasteiger partial charge on any atom is 0.254 e. The van der Waals surface area contributed by atoms with Gasteiger partial charge in [-0.15, -0.1) is 0 Å². The molecule has 3 rings (SSSR count). The lowest BCUT2D eigenvalue weighted by Gasteiger charge is -2.22. The fourth-order valence-electron chi connectivity index (χ4n) is 3.20. The maximum atomic E-state index is 13.0. The van der Waals surface area contributed by atoms with Crippen LogP contribution in [-0.4, -0.2) is 40.7 Å². The number of aliphatic hydroxyl groups excluding tert-OH is 1. The average Bonchev–Trinajstić information content (AvgIpc) is 2.72. The van der Waals surface area contributed by atoms with E-state index in [9.17, 15) is 14.7 Å². The van der Waals surface area contributed by atoms with Crippen LogP contribution >= 0.6 is 0 Å². The zero-order valence-corrected chi connectivity index (χ0v) is 16.8. The summed E-state index contributed by atoms with van der Waals surface area (Å²) in [6, 6.07) is 14.6. The first-order chi connectivity index (χ1) is 14.0. The predicted octanol–water partition coefficient (Wildman–Crippen LogP) is 3.26. The van der Waals surface area contributed by atoms with Crippen LogP contribution in [0.2, 0.25) is 0 Å². The molecule has 0 radical (unpaired) electrons. The maximum absolute atomic E-state index is 13.0. The zero-order chi connectivity index (χ0) is 20.8. The molecule has 1 amide bonds. The van der Waals surface area contributed by atoms with E-state index in [-0.39, 0.29) is 24.6 Å². The number of ether oxygens (including phenoxy) is 1. The van der Waals surface area contributed by atoms with Gasteiger partial charge in [-0.3, -0.25) is 9.59 Å². The van der Waals surface area contributed by atoms with Gasteiger partial charge < -0.3 is 19.7 Å². The van der Waals surface area contributed by atoms with Crippen molar-refractivity contribution in [2.24, 2.45) is 0 Å². The van der Waals surface area contributed by atoms with E-state index >= 15 is 0 Å². The third-order valence-electron chi connectivity index (χ3n) is 4.74. The second-order valence-corrected chi connectivity index (χ2v) is 6.98. The number of hydrogen-bond acceptors (Lipinski definition) is 4. The Kier molecular flexibility index (Phi) is 6.67. The van der Waals surface area contributed by atoms with Crippen molar-refractivity contribution in [3.8, 4) is 5.75 Å². The number of aryl methyl sites for hydroxylation is 1. The minimum absolute atomic E-state index is 0.0243. The number of carbonyl (C=O) groups is 1. The summed E-state index contributed by atoms with van der Waals surface area (Å²) in [6.07, 6.45) is 0.442. The second kappa shape index (κ2) is 9.39. The van der Waals surface area contributed by atoms with Crippen LogP contribution in [0.5, 0.6) is 5.75 Å². The fourth-order valence-corrected chi connectivity index (χ4v) is 3.20. The van der Waals surface area contributed by atoms with Gasteiger partial charge in [0.1, 0.15) is 5.75 Å². The van der Waals surface area contributed by atoms with Crippen molar-refractivity contribution in [1.82, 2.24) is 9.88 Å². The summed E-state index contributed by atoms with van der Waals surface area (Å²) >= 11 is 0. The SMILES string of the molecule is CCOc1ccc2[nH]c(=O)c(CN(CCCO)C(=O)c3ccc(C)cc3)cc2c1. The number of fused-ring (bicyclic) bond motifs is 1. The highest BCUT2D eigenvalue weighted by Crippen LogP contribution is 2.20. The van der Waals surface area contributed by atoms with Crippen molar-refractivity contribution < 1.29 is 14.6 Å². The van der Waals surface area contributed by atoms with Crippen molar-refractivity contribution >= 4 is 16.8 Å². The molecule has 0 spiro atoms. The molecule has 0 aliphatic carbocycles. The molecular formula is C23H26N2O4. The lowest BCUT2D eigenvalue weighted by Crippen LogP contribution is -2.34. The first-order valence-corrected chi connectivity index (χ1v) is 9.77. The van der Waals surface area contributed by atoms with Gasteiger partial charge in [-0.2, -0.15) is 0 Å². The molecule has 2 aromatic carbocycles. The molecule has 2 N–H and O–H groups in total. The lowest BCUT2D eigenvalue weighted by molar-refractivity contribution is 0.0731. The van der Waals surface area contributed by atoms with E-state index in [1.807, 2.05) is 44.2 Å². The van der Waals surface area contributed by atoms with Crippen LogP contribution in [-0.2, 0) is 6.54 Å². The van der Waals surface area contributed by atoms with Crippen LogP contribution in [0.3, 0.4) is 0 Å². The van der Waals surface area contributed by atoms with Crippen molar-refractivity contribution in [3.63, 3.8) is 0 Å². The monoisotopic (exact) mass is 394 g/mol. The second-order valence-electron chi connectivity index (χ2n) is 6.98. The zero-order valence-electron chi connectivity index (χ0n) is 16.8. The van der Waals surface area contributed by atoms with Crippen molar-refractivity contribution in [2.45, 2.75) is 26.8 Å². The molecule has 6 nitrogen and oxygen atoms in total. The van der Waals surface area contributed by atoms with Crippen LogP contribution in [0.15, 0.2) is 53.3 Å². The normalized spacial score (nSPS) is 10.9. The van der Waals surface area contributed by atoms with Crippen LogP contribution in [0.4, 0.5) is 0 Å². The number of nitrogens with zero attached hydrogens (tertiary/aromatic N) is 1. The Bertz CT molecular complexity index is 1040. The van der Waals surface area contributed by atoms with Gasteiger partial charge in [0.2, 0.25) is 0 Å². The Morgan fingerprint density at radius 2 is 1.90 bits per heavy atom. The summed E-state index contributed by atoms with van der Waals surface area (Å²) in [5.41, 5.74) is 2.61. The van der Waals surface area contributed by atoms with E-state index in [0.717, 1.165) is 16.7 Å². The van der Waals surface area contributed by atoms with E-state index in [2.05, 4.69) is 4.98 Å². The molecule has 152 valence electrons. The van der Waals surface area contributed by atoms with Crippen LogP contribution < -0.4 is 10.3 Å².